The fourth-order valence-electron chi connectivity index (χ4n) is 3.31. The van der Waals surface area contributed by atoms with E-state index < -0.39 is 5.41 Å². The van der Waals surface area contributed by atoms with Crippen molar-refractivity contribution in [2.24, 2.45) is 0 Å². The van der Waals surface area contributed by atoms with Crippen molar-refractivity contribution in [3.8, 4) is 5.75 Å². The van der Waals surface area contributed by atoms with E-state index in [-0.39, 0.29) is 5.91 Å². The summed E-state index contributed by atoms with van der Waals surface area (Å²) in [7, 11) is 1.66. The molecule has 122 valence electrons. The van der Waals surface area contributed by atoms with E-state index in [1.54, 1.807) is 7.11 Å². The Bertz CT molecular complexity index is 879. The van der Waals surface area contributed by atoms with E-state index in [1.165, 1.54) is 0 Å². The number of rotatable bonds is 5. The molecule has 0 atom stereocenters. The zero-order valence-corrected chi connectivity index (χ0v) is 13.6. The van der Waals surface area contributed by atoms with Gasteiger partial charge in [-0.05, 0) is 42.2 Å². The number of H-pyrrole nitrogens is 1. The van der Waals surface area contributed by atoms with Crippen LogP contribution in [0, 0.1) is 0 Å². The minimum atomic E-state index is -0.403. The highest BCUT2D eigenvalue weighted by Gasteiger charge is 2.52. The SMILES string of the molecule is COc1ccc2[nH]cc(C3(C(=O)NCc4ccccc4)CC3)c2c1. The third-order valence-electron chi connectivity index (χ3n) is 4.89. The van der Waals surface area contributed by atoms with E-state index in [4.69, 9.17) is 4.74 Å². The number of aromatic nitrogens is 1. The fraction of sp³-hybridized carbons (Fsp3) is 0.250. The van der Waals surface area contributed by atoms with Gasteiger partial charge in [-0.1, -0.05) is 30.3 Å². The van der Waals surface area contributed by atoms with Gasteiger partial charge >= 0.3 is 0 Å². The van der Waals surface area contributed by atoms with Crippen molar-refractivity contribution in [2.75, 3.05) is 7.11 Å². The van der Waals surface area contributed by atoms with Crippen LogP contribution in [-0.4, -0.2) is 18.0 Å². The Morgan fingerprint density at radius 3 is 2.71 bits per heavy atom. The van der Waals surface area contributed by atoms with E-state index in [9.17, 15) is 4.79 Å². The Hall–Kier alpha value is -2.75. The second kappa shape index (κ2) is 5.71. The second-order valence-electron chi connectivity index (χ2n) is 6.36. The largest absolute Gasteiger partial charge is 0.497 e. The first-order chi connectivity index (χ1) is 11.7. The van der Waals surface area contributed by atoms with Crippen LogP contribution in [0.25, 0.3) is 10.9 Å². The summed E-state index contributed by atoms with van der Waals surface area (Å²) in [5.74, 6) is 0.916. The summed E-state index contributed by atoms with van der Waals surface area (Å²) < 4.78 is 5.33. The molecular weight excluding hydrogens is 300 g/mol. The summed E-state index contributed by atoms with van der Waals surface area (Å²) in [5.41, 5.74) is 2.82. The number of ether oxygens (including phenoxy) is 1. The van der Waals surface area contributed by atoms with E-state index >= 15 is 0 Å². The molecule has 0 radical (unpaired) electrons. The molecule has 1 aromatic heterocycles. The number of amides is 1. The number of carbonyl (C=O) groups excluding carboxylic acids is 1. The highest BCUT2D eigenvalue weighted by molar-refractivity contribution is 5.97. The molecule has 24 heavy (non-hydrogen) atoms. The van der Waals surface area contributed by atoms with Crippen molar-refractivity contribution < 1.29 is 9.53 Å². The molecule has 0 saturated heterocycles. The quantitative estimate of drug-likeness (QED) is 0.755. The van der Waals surface area contributed by atoms with Crippen molar-refractivity contribution in [1.29, 1.82) is 0 Å². The Labute approximate surface area is 140 Å². The summed E-state index contributed by atoms with van der Waals surface area (Å²) in [6.07, 6.45) is 3.74. The second-order valence-corrected chi connectivity index (χ2v) is 6.36. The highest BCUT2D eigenvalue weighted by Crippen LogP contribution is 2.51. The van der Waals surface area contributed by atoms with Gasteiger partial charge in [0, 0.05) is 23.6 Å². The molecular formula is C20H20N2O2. The lowest BCUT2D eigenvalue weighted by molar-refractivity contribution is -0.123. The lowest BCUT2D eigenvalue weighted by Crippen LogP contribution is -2.34. The van der Waals surface area contributed by atoms with E-state index in [0.717, 1.165) is 40.6 Å². The topological polar surface area (TPSA) is 54.1 Å². The molecule has 1 heterocycles. The van der Waals surface area contributed by atoms with Gasteiger partial charge in [0.05, 0.1) is 12.5 Å². The highest BCUT2D eigenvalue weighted by atomic mass is 16.5. The van der Waals surface area contributed by atoms with Gasteiger partial charge in [-0.3, -0.25) is 4.79 Å². The van der Waals surface area contributed by atoms with Crippen molar-refractivity contribution in [3.05, 3.63) is 65.9 Å². The van der Waals surface area contributed by atoms with Crippen LogP contribution in [-0.2, 0) is 16.8 Å². The Morgan fingerprint density at radius 2 is 2.00 bits per heavy atom. The lowest BCUT2D eigenvalue weighted by Gasteiger charge is -2.15. The number of hydrogen-bond acceptors (Lipinski definition) is 2. The van der Waals surface area contributed by atoms with Gasteiger partial charge in [0.2, 0.25) is 5.91 Å². The van der Waals surface area contributed by atoms with Crippen molar-refractivity contribution in [3.63, 3.8) is 0 Å². The maximum atomic E-state index is 12.8. The Balaban J connectivity index is 1.60. The summed E-state index contributed by atoms with van der Waals surface area (Å²) in [6.45, 7) is 0.563. The molecule has 0 aliphatic heterocycles. The van der Waals surface area contributed by atoms with Crippen molar-refractivity contribution >= 4 is 16.8 Å². The molecule has 2 N–H and O–H groups in total. The van der Waals surface area contributed by atoms with Crippen LogP contribution in [0.5, 0.6) is 5.75 Å². The maximum absolute atomic E-state index is 12.8. The number of aromatic amines is 1. The molecule has 0 bridgehead atoms. The number of methoxy groups -OCH3 is 1. The molecule has 1 aliphatic rings. The molecule has 1 saturated carbocycles. The van der Waals surface area contributed by atoms with Gasteiger partial charge in [-0.25, -0.2) is 0 Å². The van der Waals surface area contributed by atoms with Gasteiger partial charge in [-0.2, -0.15) is 0 Å². The standard InChI is InChI=1S/C20H20N2O2/c1-24-15-7-8-18-16(11-15)17(13-21-18)20(9-10-20)19(23)22-12-14-5-3-2-4-6-14/h2-8,11,13,21H,9-10,12H2,1H3,(H,22,23). The van der Waals surface area contributed by atoms with Gasteiger partial charge < -0.3 is 15.0 Å². The molecule has 1 fully saturated rings. The summed E-state index contributed by atoms with van der Waals surface area (Å²) in [5, 5.41) is 4.17. The first-order valence-corrected chi connectivity index (χ1v) is 8.21. The molecule has 0 spiro atoms. The first kappa shape index (κ1) is 14.8. The Kier molecular flexibility index (Phi) is 3.53. The van der Waals surface area contributed by atoms with Gasteiger partial charge in [-0.15, -0.1) is 0 Å². The molecule has 2 aromatic carbocycles. The summed E-state index contributed by atoms with van der Waals surface area (Å²) >= 11 is 0. The lowest BCUT2D eigenvalue weighted by atomic mass is 9.94. The molecule has 3 aromatic rings. The van der Waals surface area contributed by atoms with Crippen LogP contribution in [0.2, 0.25) is 0 Å². The predicted molar refractivity (Wildman–Crippen MR) is 94.1 cm³/mol. The van der Waals surface area contributed by atoms with Crippen LogP contribution >= 0.6 is 0 Å². The predicted octanol–water partition coefficient (Wildman–Crippen LogP) is 3.52. The number of hydrogen-bond donors (Lipinski definition) is 2. The third kappa shape index (κ3) is 2.44. The van der Waals surface area contributed by atoms with Crippen molar-refractivity contribution in [1.82, 2.24) is 10.3 Å². The fourth-order valence-corrected chi connectivity index (χ4v) is 3.31. The molecule has 4 heteroatoms. The third-order valence-corrected chi connectivity index (χ3v) is 4.89. The Morgan fingerprint density at radius 1 is 1.21 bits per heavy atom. The summed E-state index contributed by atoms with van der Waals surface area (Å²) in [6, 6.07) is 15.9. The number of benzene rings is 2. The zero-order chi connectivity index (χ0) is 16.6. The van der Waals surface area contributed by atoms with Crippen LogP contribution in [0.4, 0.5) is 0 Å². The molecule has 1 amide bonds. The van der Waals surface area contributed by atoms with Crippen molar-refractivity contribution in [2.45, 2.75) is 24.8 Å². The maximum Gasteiger partial charge on any atom is 0.231 e. The normalized spacial score (nSPS) is 15.2. The average molecular weight is 320 g/mol. The van der Waals surface area contributed by atoms with Crippen LogP contribution in [0.1, 0.15) is 24.0 Å². The molecule has 4 nitrogen and oxygen atoms in total. The van der Waals surface area contributed by atoms with Gasteiger partial charge in [0.25, 0.3) is 0 Å². The van der Waals surface area contributed by atoms with E-state index in [0.29, 0.717) is 6.54 Å². The monoisotopic (exact) mass is 320 g/mol. The molecule has 4 rings (SSSR count). The zero-order valence-electron chi connectivity index (χ0n) is 13.6. The average Bonchev–Trinajstić information content (AvgIpc) is 3.33. The van der Waals surface area contributed by atoms with Crippen LogP contribution in [0.3, 0.4) is 0 Å². The van der Waals surface area contributed by atoms with Crippen LogP contribution in [0.15, 0.2) is 54.7 Å². The minimum absolute atomic E-state index is 0.107. The van der Waals surface area contributed by atoms with Crippen LogP contribution < -0.4 is 10.1 Å². The molecule has 0 unspecified atom stereocenters. The van der Waals surface area contributed by atoms with E-state index in [1.807, 2.05) is 54.7 Å². The number of carbonyl (C=O) groups is 1. The first-order valence-electron chi connectivity index (χ1n) is 8.21. The minimum Gasteiger partial charge on any atom is -0.497 e. The number of fused-ring (bicyclic) bond motifs is 1. The number of nitrogens with one attached hydrogen (secondary N) is 2. The molecule has 1 aliphatic carbocycles. The van der Waals surface area contributed by atoms with Gasteiger partial charge in [0.15, 0.2) is 0 Å². The van der Waals surface area contributed by atoms with Gasteiger partial charge in [0.1, 0.15) is 5.75 Å². The van der Waals surface area contributed by atoms with E-state index in [2.05, 4.69) is 10.3 Å². The summed E-state index contributed by atoms with van der Waals surface area (Å²) in [4.78, 5) is 16.1. The smallest absolute Gasteiger partial charge is 0.231 e.